The van der Waals surface area contributed by atoms with Crippen molar-refractivity contribution in [2.45, 2.75) is 25.7 Å². The van der Waals surface area contributed by atoms with Crippen LogP contribution < -0.4 is 0 Å². The number of benzene rings is 1. The summed E-state index contributed by atoms with van der Waals surface area (Å²) >= 11 is 4.13. The minimum absolute atomic E-state index is 0.0747. The van der Waals surface area contributed by atoms with E-state index in [0.717, 1.165) is 6.42 Å². The van der Waals surface area contributed by atoms with E-state index >= 15 is 0 Å². The molecule has 8 heteroatoms. The molecule has 127 valence electrons. The van der Waals surface area contributed by atoms with Gasteiger partial charge in [-0.1, -0.05) is 0 Å². The van der Waals surface area contributed by atoms with Crippen molar-refractivity contribution in [2.24, 2.45) is 0 Å². The van der Waals surface area contributed by atoms with Gasteiger partial charge >= 0.3 is 133 Å². The van der Waals surface area contributed by atoms with E-state index < -0.39 is 7.81 Å². The first-order valence-electron chi connectivity index (χ1n) is 6.24. The molecule has 0 nitrogen and oxygen atoms in total. The zero-order chi connectivity index (χ0) is 17.3. The predicted molar refractivity (Wildman–Crippen MR) is 73.8 cm³/mol. The van der Waals surface area contributed by atoms with Gasteiger partial charge in [-0.15, -0.1) is 0 Å². The first-order valence-corrected chi connectivity index (χ1v) is 8.82. The van der Waals surface area contributed by atoms with E-state index in [1.165, 1.54) is 15.6 Å². The third-order valence-corrected chi connectivity index (χ3v) is 3.55. The summed E-state index contributed by atoms with van der Waals surface area (Å²) in [5, 5.41) is 0. The molecule has 0 aliphatic heterocycles. The molecule has 0 heterocycles. The molecule has 22 heavy (non-hydrogen) atoms. The van der Waals surface area contributed by atoms with Crippen molar-refractivity contribution in [3.05, 3.63) is 58.1 Å². The molecule has 1 aromatic carbocycles. The molecule has 0 aromatic heterocycles. The average Bonchev–Trinajstić information content (AvgIpc) is 2.73. The summed E-state index contributed by atoms with van der Waals surface area (Å²) in [6, 6.07) is 10.6. The first kappa shape index (κ1) is 19.3. The predicted octanol–water partition coefficient (Wildman–Crippen LogP) is 7.11. The molecule has 1 aromatic rings. The Kier molecular flexibility index (Phi) is 4.73. The van der Waals surface area contributed by atoms with E-state index in [4.69, 9.17) is 0 Å². The molecular formula is C14H15F6FeP-. The number of rotatable bonds is 2. The second kappa shape index (κ2) is 5.40. The van der Waals surface area contributed by atoms with Gasteiger partial charge in [-0.25, -0.2) is 0 Å². The number of hydrogen-bond donors (Lipinski definition) is 0. The Morgan fingerprint density at radius 3 is 1.77 bits per heavy atom. The zero-order valence-electron chi connectivity index (χ0n) is 11.8. The van der Waals surface area contributed by atoms with Crippen molar-refractivity contribution >= 4 is 7.81 Å². The Morgan fingerprint density at radius 2 is 1.41 bits per heavy atom. The van der Waals surface area contributed by atoms with Gasteiger partial charge in [0.25, 0.3) is 0 Å². The van der Waals surface area contributed by atoms with Crippen molar-refractivity contribution in [3.8, 4) is 0 Å². The van der Waals surface area contributed by atoms with Gasteiger partial charge in [0, 0.05) is 0 Å². The summed E-state index contributed by atoms with van der Waals surface area (Å²) in [5.41, 5.74) is 2.80. The molecule has 0 spiro atoms. The fourth-order valence-corrected chi connectivity index (χ4v) is 2.59. The fraction of sp³-hybridized carbons (Fsp3) is 0.286. The quantitative estimate of drug-likeness (QED) is 0.290. The van der Waals surface area contributed by atoms with Crippen LogP contribution in [0.3, 0.4) is 0 Å². The second-order valence-electron chi connectivity index (χ2n) is 5.36. The number of allylic oxidation sites excluding steroid dienone is 4. The van der Waals surface area contributed by atoms with Crippen molar-refractivity contribution < 1.29 is 41.2 Å². The van der Waals surface area contributed by atoms with Gasteiger partial charge in [-0.3, -0.25) is 0 Å². The van der Waals surface area contributed by atoms with Crippen LogP contribution in [-0.2, 0) is 21.4 Å². The van der Waals surface area contributed by atoms with E-state index in [1.807, 2.05) is 0 Å². The normalized spacial score (nSPS) is 18.4. The maximum atomic E-state index is 9.87. The Balaban J connectivity index is 0.000000295. The standard InChI is InChI=1S/C14H15.F6P.Fe/c1-14(2,13-10-6-7-11-13)12-8-4-3-5-9-12;1-7(2,3,4,5)6;/h3-6,8-10H,7H2,1-2H3;;/q;-1;. The topological polar surface area (TPSA) is 0 Å². The Morgan fingerprint density at radius 1 is 0.955 bits per heavy atom. The van der Waals surface area contributed by atoms with E-state index in [2.05, 4.69) is 72.3 Å². The molecule has 0 radical (unpaired) electrons. The van der Waals surface area contributed by atoms with Crippen LogP contribution in [0, 0.1) is 0 Å². The van der Waals surface area contributed by atoms with Crippen molar-refractivity contribution in [2.75, 3.05) is 0 Å². The van der Waals surface area contributed by atoms with E-state index in [0.29, 0.717) is 0 Å². The van der Waals surface area contributed by atoms with Crippen LogP contribution in [0.5, 0.6) is 0 Å². The Hall–Kier alpha value is -0.771. The van der Waals surface area contributed by atoms with Gasteiger partial charge < -0.3 is 0 Å². The molecule has 0 unspecified atom stereocenters. The number of hydrogen-bond acceptors (Lipinski definition) is 0. The van der Waals surface area contributed by atoms with Crippen LogP contribution in [0.15, 0.2) is 52.5 Å². The van der Waals surface area contributed by atoms with Gasteiger partial charge in [0.05, 0.1) is 0 Å². The van der Waals surface area contributed by atoms with Gasteiger partial charge in [0.1, 0.15) is 0 Å². The molecule has 0 bridgehead atoms. The van der Waals surface area contributed by atoms with Gasteiger partial charge in [0.2, 0.25) is 0 Å². The molecule has 0 atom stereocenters. The van der Waals surface area contributed by atoms with Crippen molar-refractivity contribution in [1.82, 2.24) is 0 Å². The molecule has 1 aliphatic rings. The molecule has 0 amide bonds. The molecule has 0 saturated heterocycles. The minimum atomic E-state index is -10.7. The van der Waals surface area contributed by atoms with Crippen LogP contribution in [0.25, 0.3) is 0 Å². The summed E-state index contributed by atoms with van der Waals surface area (Å²) in [6.45, 7) is 4.52. The molecule has 2 rings (SSSR count). The first-order chi connectivity index (χ1) is 9.57. The summed E-state index contributed by atoms with van der Waals surface area (Å²) in [7, 11) is -10.7. The third-order valence-electron chi connectivity index (χ3n) is 3.03. The van der Waals surface area contributed by atoms with Crippen LogP contribution in [0.2, 0.25) is 0 Å². The van der Waals surface area contributed by atoms with Crippen LogP contribution >= 0.6 is 7.81 Å². The summed E-state index contributed by atoms with van der Waals surface area (Å²) in [6.07, 6.45) is 5.42. The third kappa shape index (κ3) is 7.48. The van der Waals surface area contributed by atoms with Gasteiger partial charge in [-0.05, 0) is 0 Å². The second-order valence-corrected chi connectivity index (χ2v) is 7.94. The Bertz CT molecular complexity index is 587. The SMILES string of the molecule is CC(C)(C1=[C]([Fe])CC=C1)c1ccccc1.F[P-](F)(F)(F)(F)F. The van der Waals surface area contributed by atoms with Crippen LogP contribution in [0.1, 0.15) is 25.8 Å². The molecular weight excluding hydrogens is 369 g/mol. The van der Waals surface area contributed by atoms with E-state index in [9.17, 15) is 25.2 Å². The molecule has 0 saturated carbocycles. The Labute approximate surface area is 133 Å². The molecule has 1 aliphatic carbocycles. The summed E-state index contributed by atoms with van der Waals surface area (Å²) in [5.74, 6) is 0. The molecule has 0 fully saturated rings. The van der Waals surface area contributed by atoms with Crippen LogP contribution in [0.4, 0.5) is 25.2 Å². The molecule has 0 N–H and O–H groups in total. The van der Waals surface area contributed by atoms with Gasteiger partial charge in [-0.2, -0.15) is 0 Å². The number of halogens is 6. The average molecular weight is 384 g/mol. The maximum absolute atomic E-state index is 10.7. The van der Waals surface area contributed by atoms with Crippen LogP contribution in [-0.4, -0.2) is 0 Å². The van der Waals surface area contributed by atoms with Crippen molar-refractivity contribution in [1.29, 1.82) is 0 Å². The summed E-state index contributed by atoms with van der Waals surface area (Å²) in [4.78, 5) is 0. The van der Waals surface area contributed by atoms with Crippen molar-refractivity contribution in [3.63, 3.8) is 0 Å². The zero-order valence-corrected chi connectivity index (χ0v) is 13.8. The van der Waals surface area contributed by atoms with E-state index in [1.54, 1.807) is 0 Å². The van der Waals surface area contributed by atoms with Gasteiger partial charge in [0.15, 0.2) is 0 Å². The monoisotopic (exact) mass is 384 g/mol. The fourth-order valence-electron chi connectivity index (χ4n) is 2.03. The summed E-state index contributed by atoms with van der Waals surface area (Å²) < 4.78 is 60.4. The van der Waals surface area contributed by atoms with E-state index in [-0.39, 0.29) is 5.41 Å².